The molecule has 0 bridgehead atoms. The van der Waals surface area contributed by atoms with E-state index in [1.165, 1.54) is 18.4 Å². The fourth-order valence-electron chi connectivity index (χ4n) is 2.00. The zero-order valence-electron chi connectivity index (χ0n) is 13.4. The number of hydrogen-bond acceptors (Lipinski definition) is 3. The minimum Gasteiger partial charge on any atom is -0.494 e. The van der Waals surface area contributed by atoms with Gasteiger partial charge in [0.25, 0.3) is 0 Å². The van der Waals surface area contributed by atoms with Crippen molar-refractivity contribution in [1.29, 1.82) is 0 Å². The molecule has 0 aliphatic heterocycles. The van der Waals surface area contributed by atoms with Crippen molar-refractivity contribution in [3.05, 3.63) is 29.8 Å². The van der Waals surface area contributed by atoms with Crippen molar-refractivity contribution >= 4 is 0 Å². The molecule has 0 heterocycles. The SMILES string of the molecule is CCCCCOc1ccc(CNC(C)(C)COC)cc1. The van der Waals surface area contributed by atoms with Crippen LogP contribution in [0.2, 0.25) is 0 Å². The van der Waals surface area contributed by atoms with Crippen molar-refractivity contribution in [3.8, 4) is 5.75 Å². The maximum absolute atomic E-state index is 5.71. The Morgan fingerprint density at radius 2 is 1.80 bits per heavy atom. The van der Waals surface area contributed by atoms with Gasteiger partial charge in [0.05, 0.1) is 13.2 Å². The highest BCUT2D eigenvalue weighted by atomic mass is 16.5. The summed E-state index contributed by atoms with van der Waals surface area (Å²) in [7, 11) is 1.73. The van der Waals surface area contributed by atoms with Crippen LogP contribution in [-0.4, -0.2) is 25.9 Å². The van der Waals surface area contributed by atoms with Crippen LogP contribution in [0.5, 0.6) is 5.75 Å². The standard InChI is InChI=1S/C17H29NO2/c1-5-6-7-12-20-16-10-8-15(9-11-16)13-18-17(2,3)14-19-4/h8-11,18H,5-7,12-14H2,1-4H3. The zero-order chi connectivity index (χ0) is 14.8. The summed E-state index contributed by atoms with van der Waals surface area (Å²) in [5, 5.41) is 3.49. The highest BCUT2D eigenvalue weighted by Gasteiger charge is 2.15. The number of rotatable bonds is 10. The lowest BCUT2D eigenvalue weighted by Gasteiger charge is -2.25. The maximum atomic E-state index is 5.71. The summed E-state index contributed by atoms with van der Waals surface area (Å²) in [5.41, 5.74) is 1.25. The van der Waals surface area contributed by atoms with Crippen molar-refractivity contribution in [2.24, 2.45) is 0 Å². The van der Waals surface area contributed by atoms with Gasteiger partial charge in [-0.1, -0.05) is 31.9 Å². The van der Waals surface area contributed by atoms with E-state index in [0.29, 0.717) is 6.61 Å². The van der Waals surface area contributed by atoms with Gasteiger partial charge in [-0.2, -0.15) is 0 Å². The van der Waals surface area contributed by atoms with Crippen molar-refractivity contribution in [2.75, 3.05) is 20.3 Å². The molecule has 0 aliphatic carbocycles. The van der Waals surface area contributed by atoms with Crippen LogP contribution in [0.3, 0.4) is 0 Å². The second-order valence-electron chi connectivity index (χ2n) is 5.87. The van der Waals surface area contributed by atoms with Gasteiger partial charge < -0.3 is 14.8 Å². The van der Waals surface area contributed by atoms with E-state index in [2.05, 4.69) is 38.2 Å². The minimum atomic E-state index is -0.00985. The Hall–Kier alpha value is -1.06. The van der Waals surface area contributed by atoms with Crippen LogP contribution in [0, 0.1) is 0 Å². The van der Waals surface area contributed by atoms with Gasteiger partial charge in [-0.3, -0.25) is 0 Å². The van der Waals surface area contributed by atoms with E-state index in [0.717, 1.165) is 25.3 Å². The summed E-state index contributed by atoms with van der Waals surface area (Å²) in [5.74, 6) is 0.959. The Balaban J connectivity index is 2.35. The maximum Gasteiger partial charge on any atom is 0.119 e. The third-order valence-corrected chi connectivity index (χ3v) is 3.22. The van der Waals surface area contributed by atoms with Gasteiger partial charge in [0, 0.05) is 19.2 Å². The first-order valence-corrected chi connectivity index (χ1v) is 7.53. The van der Waals surface area contributed by atoms with Crippen LogP contribution in [-0.2, 0) is 11.3 Å². The van der Waals surface area contributed by atoms with Gasteiger partial charge in [0.1, 0.15) is 5.75 Å². The van der Waals surface area contributed by atoms with Gasteiger partial charge in [-0.25, -0.2) is 0 Å². The van der Waals surface area contributed by atoms with Crippen LogP contribution < -0.4 is 10.1 Å². The molecular formula is C17H29NO2. The lowest BCUT2D eigenvalue weighted by molar-refractivity contribution is 0.128. The molecule has 0 saturated carbocycles. The Bertz CT molecular complexity index is 360. The topological polar surface area (TPSA) is 30.5 Å². The average molecular weight is 279 g/mol. The number of benzene rings is 1. The Morgan fingerprint density at radius 1 is 1.10 bits per heavy atom. The summed E-state index contributed by atoms with van der Waals surface area (Å²) in [6.45, 7) is 8.83. The number of methoxy groups -OCH3 is 1. The predicted octanol–water partition coefficient (Wildman–Crippen LogP) is 3.77. The molecule has 1 N–H and O–H groups in total. The second-order valence-corrected chi connectivity index (χ2v) is 5.87. The van der Waals surface area contributed by atoms with E-state index < -0.39 is 0 Å². The first-order valence-electron chi connectivity index (χ1n) is 7.53. The molecule has 0 spiro atoms. The summed E-state index contributed by atoms with van der Waals surface area (Å²) >= 11 is 0. The number of unbranched alkanes of at least 4 members (excludes halogenated alkanes) is 2. The van der Waals surface area contributed by atoms with Crippen molar-refractivity contribution < 1.29 is 9.47 Å². The lowest BCUT2D eigenvalue weighted by atomic mass is 10.1. The van der Waals surface area contributed by atoms with Crippen molar-refractivity contribution in [2.45, 2.75) is 52.1 Å². The smallest absolute Gasteiger partial charge is 0.119 e. The van der Waals surface area contributed by atoms with Crippen molar-refractivity contribution in [1.82, 2.24) is 5.32 Å². The van der Waals surface area contributed by atoms with Crippen LogP contribution in [0.15, 0.2) is 24.3 Å². The normalized spacial score (nSPS) is 11.6. The van der Waals surface area contributed by atoms with Gasteiger partial charge >= 0.3 is 0 Å². The van der Waals surface area contributed by atoms with E-state index in [-0.39, 0.29) is 5.54 Å². The van der Waals surface area contributed by atoms with Gasteiger partial charge in [-0.15, -0.1) is 0 Å². The van der Waals surface area contributed by atoms with Crippen LogP contribution in [0.25, 0.3) is 0 Å². The molecule has 0 fully saturated rings. The van der Waals surface area contributed by atoms with Gasteiger partial charge in [0.2, 0.25) is 0 Å². The van der Waals surface area contributed by atoms with Crippen LogP contribution >= 0.6 is 0 Å². The molecule has 1 rings (SSSR count). The molecular weight excluding hydrogens is 250 g/mol. The largest absolute Gasteiger partial charge is 0.494 e. The first-order chi connectivity index (χ1) is 9.57. The molecule has 3 nitrogen and oxygen atoms in total. The molecule has 0 saturated heterocycles. The molecule has 1 aromatic rings. The van der Waals surface area contributed by atoms with Crippen molar-refractivity contribution in [3.63, 3.8) is 0 Å². The molecule has 0 radical (unpaired) electrons. The molecule has 20 heavy (non-hydrogen) atoms. The fourth-order valence-corrected chi connectivity index (χ4v) is 2.00. The third kappa shape index (κ3) is 6.92. The van der Waals surface area contributed by atoms with E-state index in [9.17, 15) is 0 Å². The summed E-state index contributed by atoms with van der Waals surface area (Å²) in [4.78, 5) is 0. The first kappa shape index (κ1) is 17.0. The Labute approximate surface area is 123 Å². The number of hydrogen-bond donors (Lipinski definition) is 1. The summed E-state index contributed by atoms with van der Waals surface area (Å²) in [6.07, 6.45) is 3.59. The fraction of sp³-hybridized carbons (Fsp3) is 0.647. The molecule has 0 atom stereocenters. The average Bonchev–Trinajstić information content (AvgIpc) is 2.43. The highest BCUT2D eigenvalue weighted by Crippen LogP contribution is 2.14. The molecule has 114 valence electrons. The lowest BCUT2D eigenvalue weighted by Crippen LogP contribution is -2.42. The van der Waals surface area contributed by atoms with E-state index >= 15 is 0 Å². The monoisotopic (exact) mass is 279 g/mol. The predicted molar refractivity (Wildman–Crippen MR) is 84.3 cm³/mol. The second kappa shape index (κ2) is 8.98. The van der Waals surface area contributed by atoms with E-state index in [1.807, 2.05) is 12.1 Å². The number of ether oxygens (including phenoxy) is 2. The third-order valence-electron chi connectivity index (χ3n) is 3.22. The summed E-state index contributed by atoms with van der Waals surface area (Å²) in [6, 6.07) is 8.33. The molecule has 0 amide bonds. The minimum absolute atomic E-state index is 0.00985. The molecule has 0 aliphatic rings. The van der Waals surface area contributed by atoms with Gasteiger partial charge in [0.15, 0.2) is 0 Å². The number of nitrogens with one attached hydrogen (secondary N) is 1. The Morgan fingerprint density at radius 3 is 2.40 bits per heavy atom. The molecule has 0 aromatic heterocycles. The zero-order valence-corrected chi connectivity index (χ0v) is 13.4. The van der Waals surface area contributed by atoms with E-state index in [1.54, 1.807) is 7.11 Å². The van der Waals surface area contributed by atoms with Crippen LogP contribution in [0.1, 0.15) is 45.6 Å². The Kier molecular flexibility index (Phi) is 7.63. The van der Waals surface area contributed by atoms with Crippen LogP contribution in [0.4, 0.5) is 0 Å². The van der Waals surface area contributed by atoms with Gasteiger partial charge in [-0.05, 0) is 38.0 Å². The summed E-state index contributed by atoms with van der Waals surface area (Å²) < 4.78 is 10.9. The quantitative estimate of drug-likeness (QED) is 0.661. The van der Waals surface area contributed by atoms with E-state index in [4.69, 9.17) is 9.47 Å². The highest BCUT2D eigenvalue weighted by molar-refractivity contribution is 5.27. The molecule has 3 heteroatoms. The molecule has 1 aromatic carbocycles. The molecule has 0 unspecified atom stereocenters.